The number of amides is 1. The molecule has 1 aliphatic heterocycles. The Kier molecular flexibility index (Phi) is 12.0. The monoisotopic (exact) mass is 748 g/mol. The Morgan fingerprint density at radius 1 is 1.08 bits per heavy atom. The van der Waals surface area contributed by atoms with Gasteiger partial charge in [-0.05, 0) is 65.8 Å². The van der Waals surface area contributed by atoms with Gasteiger partial charge in [0.05, 0.1) is 29.7 Å². The molecule has 1 aliphatic rings. The molecule has 1 aromatic heterocycles. The van der Waals surface area contributed by atoms with Crippen molar-refractivity contribution in [3.8, 4) is 5.75 Å². The summed E-state index contributed by atoms with van der Waals surface area (Å²) in [5.74, 6) is -6.27. The molecule has 3 atom stereocenters. The summed E-state index contributed by atoms with van der Waals surface area (Å²) >= 11 is 0. The highest BCUT2D eigenvalue weighted by Crippen LogP contribution is 2.43. The predicted octanol–water partition coefficient (Wildman–Crippen LogP) is 5.78. The van der Waals surface area contributed by atoms with Crippen LogP contribution in [-0.2, 0) is 30.6 Å². The SMILES string of the molecule is CCc1cc(OC)c(F)c([C@@H](Nc2ccc3c(N)nccc3c2)C(=O)N2CCC(C(=O)O)C2c2ccccc2S(=O)(=O)CC)c1.O=C(O)C(F)(F)F. The Labute approximate surface area is 296 Å². The molecule has 0 bridgehead atoms. The molecule has 4 aromatic rings. The number of likely N-dealkylation sites (tertiary alicyclic amines) is 1. The number of carboxylic acids is 2. The molecular formula is C35H36F4N4O8S. The maximum atomic E-state index is 16.1. The number of nitrogens with one attached hydrogen (secondary N) is 1. The second-order valence-corrected chi connectivity index (χ2v) is 14.0. The van der Waals surface area contributed by atoms with E-state index in [0.29, 0.717) is 23.3 Å². The number of carbonyl (C=O) groups is 3. The number of fused-ring (bicyclic) bond motifs is 1. The number of benzene rings is 3. The van der Waals surface area contributed by atoms with Gasteiger partial charge in [0, 0.05) is 29.4 Å². The number of hydrogen-bond acceptors (Lipinski definition) is 9. The lowest BCUT2D eigenvalue weighted by Gasteiger charge is -2.33. The zero-order valence-corrected chi connectivity index (χ0v) is 29.0. The van der Waals surface area contributed by atoms with Crippen LogP contribution in [0.1, 0.15) is 49.0 Å². The number of nitrogens with two attached hydrogens (primary N) is 1. The number of anilines is 2. The first-order chi connectivity index (χ1) is 24.4. The molecule has 3 aromatic carbocycles. The van der Waals surface area contributed by atoms with Gasteiger partial charge in [-0.1, -0.05) is 38.1 Å². The number of aromatic nitrogens is 1. The lowest BCUT2D eigenvalue weighted by atomic mass is 9.93. The molecule has 1 saturated heterocycles. The van der Waals surface area contributed by atoms with Gasteiger partial charge in [0.25, 0.3) is 0 Å². The third-order valence-electron chi connectivity index (χ3n) is 8.61. The minimum atomic E-state index is -5.08. The van der Waals surface area contributed by atoms with Crippen LogP contribution in [0.25, 0.3) is 10.8 Å². The van der Waals surface area contributed by atoms with Crippen molar-refractivity contribution >= 4 is 50.0 Å². The number of alkyl halides is 3. The normalized spacial score (nSPS) is 16.5. The van der Waals surface area contributed by atoms with E-state index >= 15 is 4.39 Å². The minimum Gasteiger partial charge on any atom is -0.494 e. The molecule has 278 valence electrons. The molecule has 5 N–H and O–H groups in total. The Balaban J connectivity index is 0.000000785. The summed E-state index contributed by atoms with van der Waals surface area (Å²) in [7, 11) is -2.43. The quantitative estimate of drug-likeness (QED) is 0.144. The van der Waals surface area contributed by atoms with Crippen LogP contribution in [0.3, 0.4) is 0 Å². The number of aliphatic carboxylic acids is 2. The Morgan fingerprint density at radius 3 is 2.35 bits per heavy atom. The maximum Gasteiger partial charge on any atom is 0.490 e. The molecule has 1 amide bonds. The van der Waals surface area contributed by atoms with Crippen molar-refractivity contribution in [2.24, 2.45) is 5.92 Å². The van der Waals surface area contributed by atoms with E-state index in [1.165, 1.54) is 25.0 Å². The summed E-state index contributed by atoms with van der Waals surface area (Å²) in [6, 6.07) is 13.8. The molecular weight excluding hydrogens is 712 g/mol. The molecule has 2 unspecified atom stereocenters. The maximum absolute atomic E-state index is 16.1. The van der Waals surface area contributed by atoms with Crippen molar-refractivity contribution in [3.63, 3.8) is 0 Å². The molecule has 5 rings (SSSR count). The number of carboxylic acid groups (broad SMARTS) is 2. The van der Waals surface area contributed by atoms with Crippen molar-refractivity contribution in [3.05, 3.63) is 89.4 Å². The van der Waals surface area contributed by atoms with Gasteiger partial charge >= 0.3 is 18.1 Å². The average Bonchev–Trinajstić information content (AvgIpc) is 3.56. The first-order valence-electron chi connectivity index (χ1n) is 15.9. The molecule has 12 nitrogen and oxygen atoms in total. The summed E-state index contributed by atoms with van der Waals surface area (Å²) in [6.07, 6.45) is -2.91. The molecule has 0 radical (unpaired) electrons. The smallest absolute Gasteiger partial charge is 0.490 e. The van der Waals surface area contributed by atoms with E-state index in [2.05, 4.69) is 10.3 Å². The van der Waals surface area contributed by atoms with Crippen LogP contribution < -0.4 is 15.8 Å². The van der Waals surface area contributed by atoms with Gasteiger partial charge in [0.15, 0.2) is 21.4 Å². The van der Waals surface area contributed by atoms with Crippen LogP contribution >= 0.6 is 0 Å². The van der Waals surface area contributed by atoms with E-state index in [1.54, 1.807) is 60.8 Å². The summed E-state index contributed by atoms with van der Waals surface area (Å²) < 4.78 is 79.3. The van der Waals surface area contributed by atoms with Gasteiger partial charge in [-0.3, -0.25) is 9.59 Å². The van der Waals surface area contributed by atoms with Gasteiger partial charge in [-0.2, -0.15) is 13.2 Å². The number of rotatable bonds is 10. The molecule has 1 fully saturated rings. The number of methoxy groups -OCH3 is 1. The van der Waals surface area contributed by atoms with E-state index in [9.17, 15) is 36.3 Å². The van der Waals surface area contributed by atoms with Gasteiger partial charge in [0.1, 0.15) is 11.9 Å². The summed E-state index contributed by atoms with van der Waals surface area (Å²) in [5, 5.41) is 21.9. The van der Waals surface area contributed by atoms with Crippen molar-refractivity contribution < 1.29 is 55.3 Å². The summed E-state index contributed by atoms with van der Waals surface area (Å²) in [4.78, 5) is 41.5. The fourth-order valence-electron chi connectivity index (χ4n) is 5.98. The predicted molar refractivity (Wildman–Crippen MR) is 183 cm³/mol. The van der Waals surface area contributed by atoms with E-state index < -0.39 is 57.7 Å². The van der Waals surface area contributed by atoms with Crippen LogP contribution in [0.15, 0.2) is 71.8 Å². The van der Waals surface area contributed by atoms with Crippen molar-refractivity contribution in [2.75, 3.05) is 30.5 Å². The number of nitrogens with zero attached hydrogens (tertiary/aromatic N) is 2. The second kappa shape index (κ2) is 15.8. The topological polar surface area (TPSA) is 189 Å². The lowest BCUT2D eigenvalue weighted by molar-refractivity contribution is -0.192. The Morgan fingerprint density at radius 2 is 1.75 bits per heavy atom. The van der Waals surface area contributed by atoms with Crippen LogP contribution in [0.4, 0.5) is 29.1 Å². The molecule has 0 saturated carbocycles. The third kappa shape index (κ3) is 8.36. The number of carbonyl (C=O) groups excluding carboxylic acids is 1. The highest BCUT2D eigenvalue weighted by atomic mass is 32.2. The number of ether oxygens (including phenoxy) is 1. The van der Waals surface area contributed by atoms with Gasteiger partial charge in [-0.15, -0.1) is 0 Å². The van der Waals surface area contributed by atoms with Gasteiger partial charge in [0.2, 0.25) is 5.91 Å². The van der Waals surface area contributed by atoms with Gasteiger partial charge < -0.3 is 30.9 Å². The van der Waals surface area contributed by atoms with E-state index in [0.717, 1.165) is 10.9 Å². The number of pyridine rings is 1. The van der Waals surface area contributed by atoms with Crippen molar-refractivity contribution in [1.29, 1.82) is 0 Å². The zero-order valence-electron chi connectivity index (χ0n) is 28.1. The summed E-state index contributed by atoms with van der Waals surface area (Å²) in [5.41, 5.74) is 7.45. The fraction of sp³-hybridized carbons (Fsp3) is 0.314. The highest BCUT2D eigenvalue weighted by Gasteiger charge is 2.46. The van der Waals surface area contributed by atoms with Crippen LogP contribution in [0.5, 0.6) is 5.75 Å². The second-order valence-electron chi connectivity index (χ2n) is 11.7. The highest BCUT2D eigenvalue weighted by molar-refractivity contribution is 7.91. The van der Waals surface area contributed by atoms with Crippen LogP contribution in [0, 0.1) is 11.7 Å². The largest absolute Gasteiger partial charge is 0.494 e. The fourth-order valence-corrected chi connectivity index (χ4v) is 7.13. The van der Waals surface area contributed by atoms with E-state index in [-0.39, 0.29) is 40.5 Å². The molecule has 2 heterocycles. The van der Waals surface area contributed by atoms with E-state index in [1.807, 2.05) is 6.92 Å². The lowest BCUT2D eigenvalue weighted by Crippen LogP contribution is -2.40. The molecule has 17 heteroatoms. The number of halogens is 4. The molecule has 0 aliphatic carbocycles. The van der Waals surface area contributed by atoms with Crippen LogP contribution in [-0.4, -0.2) is 71.9 Å². The average molecular weight is 749 g/mol. The molecule has 52 heavy (non-hydrogen) atoms. The third-order valence-corrected chi connectivity index (χ3v) is 10.4. The van der Waals surface area contributed by atoms with Crippen molar-refractivity contribution in [1.82, 2.24) is 9.88 Å². The van der Waals surface area contributed by atoms with Crippen LogP contribution in [0.2, 0.25) is 0 Å². The van der Waals surface area contributed by atoms with E-state index in [4.69, 9.17) is 20.4 Å². The first-order valence-corrected chi connectivity index (χ1v) is 17.5. The van der Waals surface area contributed by atoms with Gasteiger partial charge in [-0.25, -0.2) is 22.6 Å². The minimum absolute atomic E-state index is 0.0116. The Hall–Kier alpha value is -5.45. The number of aryl methyl sites for hydroxylation is 1. The number of sulfone groups is 1. The van der Waals surface area contributed by atoms with Crippen molar-refractivity contribution in [2.45, 2.75) is 49.8 Å². The standard InChI is InChI=1S/C33H35FN4O6S.C2HF3O2/c1-4-19-16-25(28(34)26(17-19)44-3)29(37-21-10-11-22-20(18-21)12-14-36-31(22)35)32(39)38-15-13-24(33(40)41)30(38)23-8-6-7-9-27(23)45(42,43)5-2;3-2(4,5)1(6)7/h6-12,14,16-18,24,29-30,37H,4-5,13,15H2,1-3H3,(H2,35,36)(H,40,41);(H,6,7)/t24?,29-,30?;/m1./s1. The number of nitrogen functional groups attached to an aromatic ring is 1. The molecule has 0 spiro atoms. The Bertz CT molecular complexity index is 2100. The first kappa shape index (κ1) is 39.3. The summed E-state index contributed by atoms with van der Waals surface area (Å²) in [6.45, 7) is 3.41. The number of hydrogen-bond donors (Lipinski definition) is 4. The zero-order chi connectivity index (χ0) is 38.5.